The second-order valence-electron chi connectivity index (χ2n) is 3.46. The van der Waals surface area contributed by atoms with Gasteiger partial charge in [0.15, 0.2) is 0 Å². The fourth-order valence-electron chi connectivity index (χ4n) is 1.11. The van der Waals surface area contributed by atoms with E-state index in [0.717, 1.165) is 0 Å². The second kappa shape index (κ2) is 6.05. The Balaban J connectivity index is 3.03. The molecule has 1 aromatic carbocycles. The van der Waals surface area contributed by atoms with Crippen LogP contribution in [0.5, 0.6) is 0 Å². The Bertz CT molecular complexity index is 536. The summed E-state index contributed by atoms with van der Waals surface area (Å²) < 4.78 is 25.8. The summed E-state index contributed by atoms with van der Waals surface area (Å²) in [6.07, 6.45) is -1.19. The summed E-state index contributed by atoms with van der Waals surface area (Å²) in [6, 6.07) is 2.51. The van der Waals surface area contributed by atoms with E-state index >= 15 is 0 Å². The van der Waals surface area contributed by atoms with Crippen LogP contribution in [0, 0.1) is 0 Å². The molecule has 6 nitrogen and oxygen atoms in total. The zero-order valence-corrected chi connectivity index (χ0v) is 11.4. The van der Waals surface area contributed by atoms with E-state index in [9.17, 15) is 8.42 Å². The Morgan fingerprint density at radius 3 is 2.56 bits per heavy atom. The highest BCUT2D eigenvalue weighted by molar-refractivity contribution is 7.89. The minimum Gasteiger partial charge on any atom is -0.396 e. The number of nitrogen functional groups attached to an aromatic ring is 1. The van der Waals surface area contributed by atoms with Gasteiger partial charge in [-0.15, -0.1) is 0 Å². The molecule has 1 atom stereocenters. The number of hydrogen-bond donors (Lipinski definition) is 4. The van der Waals surface area contributed by atoms with E-state index in [1.807, 2.05) is 0 Å². The second-order valence-corrected chi connectivity index (χ2v) is 5.98. The standard InChI is InChI=1S/C9H12Cl2N2O4S/c10-6-1-2-7(8(11)9(6)12)18(16,17)13-3-5(15)4-14/h1-2,5,13-15H,3-4,12H2. The van der Waals surface area contributed by atoms with Gasteiger partial charge >= 0.3 is 0 Å². The van der Waals surface area contributed by atoms with Gasteiger partial charge in [0.2, 0.25) is 10.0 Å². The van der Waals surface area contributed by atoms with E-state index in [1.54, 1.807) is 0 Å². The zero-order valence-electron chi connectivity index (χ0n) is 9.10. The van der Waals surface area contributed by atoms with E-state index < -0.39 is 22.7 Å². The van der Waals surface area contributed by atoms with E-state index in [0.29, 0.717) is 0 Å². The van der Waals surface area contributed by atoms with Crippen LogP contribution in [0.1, 0.15) is 0 Å². The van der Waals surface area contributed by atoms with Gasteiger partial charge in [-0.05, 0) is 12.1 Å². The number of aliphatic hydroxyl groups excluding tert-OH is 2. The predicted molar refractivity (Wildman–Crippen MR) is 69.2 cm³/mol. The number of aliphatic hydroxyl groups is 2. The van der Waals surface area contributed by atoms with Crippen LogP contribution >= 0.6 is 23.2 Å². The largest absolute Gasteiger partial charge is 0.396 e. The first-order valence-corrected chi connectivity index (χ1v) is 7.05. The molecule has 1 aromatic rings. The van der Waals surface area contributed by atoms with E-state index in [1.165, 1.54) is 12.1 Å². The lowest BCUT2D eigenvalue weighted by atomic mass is 10.3. The predicted octanol–water partition coefficient (Wildman–Crippen LogP) is 0.207. The molecule has 9 heteroatoms. The molecule has 0 aliphatic heterocycles. The van der Waals surface area contributed by atoms with Crippen LogP contribution in [-0.2, 0) is 10.0 Å². The monoisotopic (exact) mass is 314 g/mol. The van der Waals surface area contributed by atoms with Crippen LogP contribution in [0.2, 0.25) is 10.0 Å². The third-order valence-electron chi connectivity index (χ3n) is 2.10. The molecule has 0 radical (unpaired) electrons. The number of rotatable bonds is 5. The average Bonchev–Trinajstić information content (AvgIpc) is 2.32. The number of sulfonamides is 1. The third kappa shape index (κ3) is 3.47. The number of nitrogens with one attached hydrogen (secondary N) is 1. The topological polar surface area (TPSA) is 113 Å². The quantitative estimate of drug-likeness (QED) is 0.580. The van der Waals surface area contributed by atoms with Gasteiger partial charge in [0.25, 0.3) is 0 Å². The van der Waals surface area contributed by atoms with E-state index in [2.05, 4.69) is 4.72 Å². The Hall–Kier alpha value is -0.570. The fourth-order valence-corrected chi connectivity index (χ4v) is 2.94. The van der Waals surface area contributed by atoms with Crippen molar-refractivity contribution < 1.29 is 18.6 Å². The first kappa shape index (κ1) is 15.5. The summed E-state index contributed by atoms with van der Waals surface area (Å²) in [5, 5.41) is 17.6. The Morgan fingerprint density at radius 2 is 2.00 bits per heavy atom. The first-order chi connectivity index (χ1) is 8.29. The Kier molecular flexibility index (Phi) is 5.20. The van der Waals surface area contributed by atoms with Gasteiger partial charge < -0.3 is 15.9 Å². The summed E-state index contributed by atoms with van der Waals surface area (Å²) in [5.74, 6) is 0. The van der Waals surface area contributed by atoms with Gasteiger partial charge in [-0.2, -0.15) is 0 Å². The smallest absolute Gasteiger partial charge is 0.242 e. The van der Waals surface area contributed by atoms with Crippen molar-refractivity contribution in [2.75, 3.05) is 18.9 Å². The molecule has 0 fully saturated rings. The van der Waals surface area contributed by atoms with Crippen molar-refractivity contribution in [3.63, 3.8) is 0 Å². The molecule has 1 rings (SSSR count). The van der Waals surface area contributed by atoms with Crippen molar-refractivity contribution >= 4 is 38.9 Å². The molecular weight excluding hydrogens is 303 g/mol. The summed E-state index contributed by atoms with van der Waals surface area (Å²) in [7, 11) is -3.93. The van der Waals surface area contributed by atoms with Gasteiger partial charge in [-0.1, -0.05) is 23.2 Å². The highest BCUT2D eigenvalue weighted by Gasteiger charge is 2.21. The van der Waals surface area contributed by atoms with Crippen molar-refractivity contribution in [2.45, 2.75) is 11.0 Å². The average molecular weight is 315 g/mol. The molecule has 0 aliphatic carbocycles. The maximum atomic E-state index is 11.8. The number of nitrogens with two attached hydrogens (primary N) is 1. The molecule has 1 unspecified atom stereocenters. The summed E-state index contributed by atoms with van der Waals surface area (Å²) in [5.41, 5.74) is 5.48. The van der Waals surface area contributed by atoms with E-state index in [-0.39, 0.29) is 27.2 Å². The minimum absolute atomic E-state index is 0.0380. The Labute approximate surface area is 114 Å². The van der Waals surface area contributed by atoms with Gasteiger partial charge in [-0.25, -0.2) is 13.1 Å². The third-order valence-corrected chi connectivity index (χ3v) is 4.42. The Morgan fingerprint density at radius 1 is 1.39 bits per heavy atom. The number of halogens is 2. The number of hydrogen-bond acceptors (Lipinski definition) is 5. The number of anilines is 1. The fraction of sp³-hybridized carbons (Fsp3) is 0.333. The molecule has 5 N–H and O–H groups in total. The molecule has 18 heavy (non-hydrogen) atoms. The summed E-state index contributed by atoms with van der Waals surface area (Å²) >= 11 is 11.5. The van der Waals surface area contributed by atoms with Crippen LogP contribution in [0.25, 0.3) is 0 Å². The molecular formula is C9H12Cl2N2O4S. The van der Waals surface area contributed by atoms with Crippen molar-refractivity contribution in [3.05, 3.63) is 22.2 Å². The number of benzene rings is 1. The molecule has 0 saturated carbocycles. The van der Waals surface area contributed by atoms with Crippen LogP contribution in [0.15, 0.2) is 17.0 Å². The molecule has 0 aliphatic rings. The van der Waals surface area contributed by atoms with Gasteiger partial charge in [-0.3, -0.25) is 0 Å². The maximum absolute atomic E-state index is 11.8. The van der Waals surface area contributed by atoms with Gasteiger partial charge in [0.05, 0.1) is 28.4 Å². The summed E-state index contributed by atoms with van der Waals surface area (Å²) in [4.78, 5) is -0.240. The lowest BCUT2D eigenvalue weighted by Crippen LogP contribution is -2.34. The normalized spacial score (nSPS) is 13.6. The van der Waals surface area contributed by atoms with Crippen molar-refractivity contribution in [1.82, 2.24) is 4.72 Å². The molecule has 0 aromatic heterocycles. The minimum atomic E-state index is -3.93. The molecule has 0 bridgehead atoms. The molecule has 0 spiro atoms. The summed E-state index contributed by atoms with van der Waals surface area (Å²) in [6.45, 7) is -0.892. The van der Waals surface area contributed by atoms with Crippen LogP contribution < -0.4 is 10.5 Å². The lowest BCUT2D eigenvalue weighted by Gasteiger charge is -2.12. The van der Waals surface area contributed by atoms with E-state index in [4.69, 9.17) is 39.1 Å². The van der Waals surface area contributed by atoms with Gasteiger partial charge in [0, 0.05) is 6.54 Å². The lowest BCUT2D eigenvalue weighted by molar-refractivity contribution is 0.0988. The van der Waals surface area contributed by atoms with Crippen LogP contribution in [-0.4, -0.2) is 37.9 Å². The zero-order chi connectivity index (χ0) is 13.9. The highest BCUT2D eigenvalue weighted by atomic mass is 35.5. The molecule has 0 heterocycles. The molecule has 0 amide bonds. The highest BCUT2D eigenvalue weighted by Crippen LogP contribution is 2.32. The first-order valence-electron chi connectivity index (χ1n) is 4.81. The molecule has 0 saturated heterocycles. The molecule has 102 valence electrons. The van der Waals surface area contributed by atoms with Crippen molar-refractivity contribution in [1.29, 1.82) is 0 Å². The van der Waals surface area contributed by atoms with Crippen molar-refractivity contribution in [3.8, 4) is 0 Å². The van der Waals surface area contributed by atoms with Gasteiger partial charge in [0.1, 0.15) is 4.90 Å². The van der Waals surface area contributed by atoms with Crippen LogP contribution in [0.3, 0.4) is 0 Å². The van der Waals surface area contributed by atoms with Crippen LogP contribution in [0.4, 0.5) is 5.69 Å². The van der Waals surface area contributed by atoms with Crippen molar-refractivity contribution in [2.24, 2.45) is 0 Å². The SMILES string of the molecule is Nc1c(Cl)ccc(S(=O)(=O)NCC(O)CO)c1Cl. The maximum Gasteiger partial charge on any atom is 0.242 e.